The number of hydrogen-bond acceptors (Lipinski definition) is 4. The third-order valence-corrected chi connectivity index (χ3v) is 3.76. The molecule has 1 aromatic heterocycles. The highest BCUT2D eigenvalue weighted by Gasteiger charge is 2.31. The van der Waals surface area contributed by atoms with Crippen LogP contribution in [0.1, 0.15) is 49.8 Å². The van der Waals surface area contributed by atoms with Crippen LogP contribution < -0.4 is 10.4 Å². The molecule has 2 aromatic rings. The van der Waals surface area contributed by atoms with Gasteiger partial charge in [0.05, 0.1) is 17.2 Å². The lowest BCUT2D eigenvalue weighted by atomic mass is 10.1. The average Bonchev–Trinajstić information content (AvgIpc) is 2.89. The minimum absolute atomic E-state index is 0.0464. The van der Waals surface area contributed by atoms with Crippen LogP contribution in [-0.4, -0.2) is 28.8 Å². The number of rotatable bonds is 4. The minimum Gasteiger partial charge on any atom is -0.543 e. The second kappa shape index (κ2) is 7.13. The summed E-state index contributed by atoms with van der Waals surface area (Å²) in [5, 5.41) is 14.2. The van der Waals surface area contributed by atoms with Gasteiger partial charge in [-0.05, 0) is 45.9 Å². The second-order valence-corrected chi connectivity index (χ2v) is 7.19. The Balaban J connectivity index is 2.37. The third-order valence-electron chi connectivity index (χ3n) is 3.76. The fourth-order valence-corrected chi connectivity index (χ4v) is 2.67. The van der Waals surface area contributed by atoms with Crippen molar-refractivity contribution in [2.75, 3.05) is 6.54 Å². The van der Waals surface area contributed by atoms with Crippen molar-refractivity contribution in [2.45, 2.75) is 45.5 Å². The zero-order chi connectivity index (χ0) is 20.6. The van der Waals surface area contributed by atoms with Crippen molar-refractivity contribution in [3.63, 3.8) is 0 Å². The molecule has 0 fully saturated rings. The van der Waals surface area contributed by atoms with Gasteiger partial charge >= 0.3 is 12.3 Å². The van der Waals surface area contributed by atoms with Crippen LogP contribution in [0.4, 0.5) is 18.0 Å². The Labute approximate surface area is 153 Å². The Morgan fingerprint density at radius 3 is 2.37 bits per heavy atom. The zero-order valence-corrected chi connectivity index (χ0v) is 15.3. The number of carboxylic acids is 1. The molecular formula is C18H20F3N2O4-. The maximum Gasteiger partial charge on any atom is 0.416 e. The molecule has 9 heteroatoms. The molecule has 1 amide bonds. The first kappa shape index (κ1) is 20.6. The van der Waals surface area contributed by atoms with Gasteiger partial charge in [0.25, 0.3) is 0 Å². The van der Waals surface area contributed by atoms with Crippen LogP contribution in [-0.2, 0) is 10.9 Å². The summed E-state index contributed by atoms with van der Waals surface area (Å²) in [5.74, 6) is -1.52. The van der Waals surface area contributed by atoms with E-state index in [4.69, 9.17) is 4.74 Å². The van der Waals surface area contributed by atoms with E-state index in [2.05, 4.69) is 5.32 Å². The van der Waals surface area contributed by atoms with Gasteiger partial charge < -0.3 is 24.5 Å². The summed E-state index contributed by atoms with van der Waals surface area (Å²) in [6, 6.07) is 3.55. The average molecular weight is 385 g/mol. The van der Waals surface area contributed by atoms with Gasteiger partial charge in [-0.2, -0.15) is 13.2 Å². The minimum atomic E-state index is -4.57. The van der Waals surface area contributed by atoms with Crippen molar-refractivity contribution < 1.29 is 32.6 Å². The summed E-state index contributed by atoms with van der Waals surface area (Å²) >= 11 is 0. The molecule has 148 valence electrons. The van der Waals surface area contributed by atoms with Crippen LogP contribution in [0.2, 0.25) is 0 Å². The van der Waals surface area contributed by atoms with Gasteiger partial charge in [-0.25, -0.2) is 4.79 Å². The van der Waals surface area contributed by atoms with Gasteiger partial charge in [0.1, 0.15) is 5.60 Å². The van der Waals surface area contributed by atoms with Crippen molar-refractivity contribution in [1.82, 2.24) is 9.88 Å². The van der Waals surface area contributed by atoms with Crippen LogP contribution in [0.5, 0.6) is 0 Å². The Bertz CT molecular complexity index is 866. The maximum absolute atomic E-state index is 13.0. The van der Waals surface area contributed by atoms with Crippen LogP contribution in [0.15, 0.2) is 24.3 Å². The molecule has 0 aliphatic carbocycles. The monoisotopic (exact) mass is 385 g/mol. The molecular weight excluding hydrogens is 365 g/mol. The standard InChI is InChI=1S/C18H21F3N2O4/c1-10(9-22-16(26)27-17(2,3)4)23-13-8-12(18(19,20)21)6-5-11(13)7-14(23)15(24)25/h5-8,10H,9H2,1-4H3,(H,22,26)(H,24,25)/p-1/t10-/m1/s1. The molecule has 0 spiro atoms. The van der Waals surface area contributed by atoms with Gasteiger partial charge in [0.15, 0.2) is 0 Å². The van der Waals surface area contributed by atoms with Gasteiger partial charge in [-0.3, -0.25) is 0 Å². The summed E-state index contributed by atoms with van der Waals surface area (Å²) < 4.78 is 45.3. The van der Waals surface area contributed by atoms with Gasteiger partial charge in [-0.1, -0.05) is 6.07 Å². The normalized spacial score (nSPS) is 13.4. The number of nitrogens with one attached hydrogen (secondary N) is 1. The second-order valence-electron chi connectivity index (χ2n) is 7.19. The number of amides is 1. The number of halogens is 3. The van der Waals surface area contributed by atoms with E-state index in [0.717, 1.165) is 12.1 Å². The summed E-state index contributed by atoms with van der Waals surface area (Å²) in [7, 11) is 0. The van der Waals surface area contributed by atoms with Crippen LogP contribution >= 0.6 is 0 Å². The Hall–Kier alpha value is -2.71. The smallest absolute Gasteiger partial charge is 0.416 e. The number of alkyl carbamates (subject to hydrolysis) is 1. The molecule has 0 aliphatic rings. The van der Waals surface area contributed by atoms with Crippen LogP contribution in [0.25, 0.3) is 10.9 Å². The van der Waals surface area contributed by atoms with E-state index in [9.17, 15) is 27.9 Å². The van der Waals surface area contributed by atoms with Crippen molar-refractivity contribution in [3.8, 4) is 0 Å². The van der Waals surface area contributed by atoms with Gasteiger partial charge in [-0.15, -0.1) is 0 Å². The molecule has 2 rings (SSSR count). The fraction of sp³-hybridized carbons (Fsp3) is 0.444. The third kappa shape index (κ3) is 4.93. The first-order valence-corrected chi connectivity index (χ1v) is 8.20. The van der Waals surface area contributed by atoms with Gasteiger partial charge in [0.2, 0.25) is 0 Å². The number of benzene rings is 1. The highest BCUT2D eigenvalue weighted by atomic mass is 19.4. The molecule has 1 aromatic carbocycles. The highest BCUT2D eigenvalue weighted by Crippen LogP contribution is 2.33. The lowest BCUT2D eigenvalue weighted by Gasteiger charge is -2.23. The molecule has 6 nitrogen and oxygen atoms in total. The highest BCUT2D eigenvalue weighted by molar-refractivity contribution is 5.94. The lowest BCUT2D eigenvalue weighted by Crippen LogP contribution is -2.36. The largest absolute Gasteiger partial charge is 0.543 e. The summed E-state index contributed by atoms with van der Waals surface area (Å²) in [5.41, 5.74) is -1.80. The van der Waals surface area contributed by atoms with Crippen molar-refractivity contribution >= 4 is 23.0 Å². The Morgan fingerprint density at radius 2 is 1.85 bits per heavy atom. The van der Waals surface area contributed by atoms with E-state index < -0.39 is 35.4 Å². The SMILES string of the molecule is C[C@H](CNC(=O)OC(C)(C)C)n1c(C(=O)[O-])cc2ccc(C(F)(F)F)cc21. The number of aromatic nitrogens is 1. The van der Waals surface area contributed by atoms with E-state index in [-0.39, 0.29) is 17.8 Å². The van der Waals surface area contributed by atoms with E-state index >= 15 is 0 Å². The van der Waals surface area contributed by atoms with Crippen LogP contribution in [0, 0.1) is 0 Å². The number of ether oxygens (including phenoxy) is 1. The fourth-order valence-electron chi connectivity index (χ4n) is 2.67. The number of nitrogens with zero attached hydrogens (tertiary/aromatic N) is 1. The number of carbonyl (C=O) groups excluding carboxylic acids is 2. The molecule has 1 N–H and O–H groups in total. The quantitative estimate of drug-likeness (QED) is 0.877. The van der Waals surface area contributed by atoms with Gasteiger partial charge in [0, 0.05) is 23.5 Å². The molecule has 0 radical (unpaired) electrons. The molecule has 0 unspecified atom stereocenters. The summed E-state index contributed by atoms with van der Waals surface area (Å²) in [6.45, 7) is 6.58. The first-order valence-electron chi connectivity index (χ1n) is 8.20. The molecule has 1 heterocycles. The molecule has 0 saturated carbocycles. The van der Waals surface area contributed by atoms with Crippen molar-refractivity contribution in [3.05, 3.63) is 35.5 Å². The van der Waals surface area contributed by atoms with E-state index in [1.807, 2.05) is 0 Å². The predicted molar refractivity (Wildman–Crippen MR) is 90.2 cm³/mol. The number of alkyl halides is 3. The maximum atomic E-state index is 13.0. The zero-order valence-electron chi connectivity index (χ0n) is 15.3. The molecule has 0 bridgehead atoms. The number of aromatic carboxylic acids is 1. The lowest BCUT2D eigenvalue weighted by molar-refractivity contribution is -0.255. The molecule has 1 atom stereocenters. The number of fused-ring (bicyclic) bond motifs is 1. The molecule has 0 saturated heterocycles. The van der Waals surface area contributed by atoms with Crippen LogP contribution in [0.3, 0.4) is 0 Å². The van der Waals surface area contributed by atoms with Crippen molar-refractivity contribution in [1.29, 1.82) is 0 Å². The summed E-state index contributed by atoms with van der Waals surface area (Å²) in [4.78, 5) is 23.2. The van der Waals surface area contributed by atoms with E-state index in [0.29, 0.717) is 5.39 Å². The number of carboxylic acid groups (broad SMARTS) is 1. The van der Waals surface area contributed by atoms with Crippen molar-refractivity contribution in [2.24, 2.45) is 0 Å². The predicted octanol–water partition coefficient (Wildman–Crippen LogP) is 3.11. The topological polar surface area (TPSA) is 83.4 Å². The summed E-state index contributed by atoms with van der Waals surface area (Å²) in [6.07, 6.45) is -5.28. The van der Waals surface area contributed by atoms with E-state index in [1.54, 1.807) is 27.7 Å². The Morgan fingerprint density at radius 1 is 1.22 bits per heavy atom. The Kier molecular flexibility index (Phi) is 5.44. The molecule has 0 aliphatic heterocycles. The number of hydrogen-bond donors (Lipinski definition) is 1. The number of carbonyl (C=O) groups is 2. The first-order chi connectivity index (χ1) is 12.3. The molecule has 27 heavy (non-hydrogen) atoms. The van der Waals surface area contributed by atoms with E-state index in [1.165, 1.54) is 16.7 Å².